The minimum Gasteiger partial charge on any atom is -0.458 e. The van der Waals surface area contributed by atoms with Crippen molar-refractivity contribution in [2.75, 3.05) is 26.8 Å². The molecule has 0 aromatic heterocycles. The Kier molecular flexibility index (Phi) is 9.04. The van der Waals surface area contributed by atoms with E-state index in [1.807, 2.05) is 31.5 Å². The largest absolute Gasteiger partial charge is 0.458 e. The molecule has 2 rings (SSSR count). The van der Waals surface area contributed by atoms with Crippen molar-refractivity contribution in [2.45, 2.75) is 6.10 Å². The molecule has 1 aliphatic heterocycles. The molecule has 0 saturated heterocycles. The summed E-state index contributed by atoms with van der Waals surface area (Å²) in [6.07, 6.45) is 11.1. The number of esters is 3. The van der Waals surface area contributed by atoms with Crippen molar-refractivity contribution in [2.24, 2.45) is 0 Å². The van der Waals surface area contributed by atoms with Gasteiger partial charge in [-0.05, 0) is 35.5 Å². The molecule has 0 atom stereocenters. The first-order valence-corrected chi connectivity index (χ1v) is 9.57. The molecule has 0 fully saturated rings. The summed E-state index contributed by atoms with van der Waals surface area (Å²) < 4.78 is 15.1. The van der Waals surface area contributed by atoms with Gasteiger partial charge in [0.2, 0.25) is 0 Å². The molecule has 0 unspecified atom stereocenters. The van der Waals surface area contributed by atoms with E-state index < -0.39 is 24.0 Å². The lowest BCUT2D eigenvalue weighted by molar-refractivity contribution is -0.146. The minimum absolute atomic E-state index is 0.278. The van der Waals surface area contributed by atoms with Crippen molar-refractivity contribution < 1.29 is 28.6 Å². The molecule has 0 aliphatic carbocycles. The molecular weight excluding hydrogens is 398 g/mol. The Balaban J connectivity index is 1.97. The molecule has 0 radical (unpaired) electrons. The molecular formula is C24H25NO6. The summed E-state index contributed by atoms with van der Waals surface area (Å²) in [6, 6.07) is 6.83. The second-order valence-electron chi connectivity index (χ2n) is 6.61. The van der Waals surface area contributed by atoms with Crippen LogP contribution in [0.1, 0.15) is 15.9 Å². The summed E-state index contributed by atoms with van der Waals surface area (Å²) in [6.45, 7) is 6.89. The summed E-state index contributed by atoms with van der Waals surface area (Å²) in [7, 11) is 2.00. The molecule has 0 saturated carbocycles. The van der Waals surface area contributed by atoms with Crippen molar-refractivity contribution in [1.82, 2.24) is 4.90 Å². The third kappa shape index (κ3) is 8.18. The fraction of sp³-hybridized carbons (Fsp3) is 0.208. The lowest BCUT2D eigenvalue weighted by Crippen LogP contribution is -2.30. The first-order valence-electron chi connectivity index (χ1n) is 9.57. The predicted octanol–water partition coefficient (Wildman–Crippen LogP) is 3.07. The molecule has 0 bridgehead atoms. The first kappa shape index (κ1) is 23.4. The molecule has 1 aromatic carbocycles. The van der Waals surface area contributed by atoms with Crippen LogP contribution in [0.5, 0.6) is 0 Å². The number of hydrogen-bond donors (Lipinski definition) is 0. The topological polar surface area (TPSA) is 82.1 Å². The van der Waals surface area contributed by atoms with Gasteiger partial charge in [-0.25, -0.2) is 14.4 Å². The van der Waals surface area contributed by atoms with Crippen LogP contribution in [0.25, 0.3) is 6.08 Å². The van der Waals surface area contributed by atoms with Crippen LogP contribution in [0.2, 0.25) is 0 Å². The van der Waals surface area contributed by atoms with Crippen molar-refractivity contribution >= 4 is 24.0 Å². The van der Waals surface area contributed by atoms with Crippen LogP contribution in [-0.4, -0.2) is 55.7 Å². The van der Waals surface area contributed by atoms with E-state index in [9.17, 15) is 14.4 Å². The summed E-state index contributed by atoms with van der Waals surface area (Å²) >= 11 is 0. The molecule has 7 heteroatoms. The number of benzene rings is 1. The minimum atomic E-state index is -0.969. The Morgan fingerprint density at radius 3 is 2.16 bits per heavy atom. The van der Waals surface area contributed by atoms with E-state index in [0.717, 1.165) is 29.8 Å². The number of likely N-dealkylation sites (N-methyl/N-ethyl adjacent to an activating group) is 1. The van der Waals surface area contributed by atoms with Gasteiger partial charge in [0, 0.05) is 25.7 Å². The van der Waals surface area contributed by atoms with Gasteiger partial charge >= 0.3 is 17.9 Å². The summed E-state index contributed by atoms with van der Waals surface area (Å²) in [5.41, 5.74) is 2.33. The number of nitrogens with zero attached hydrogens (tertiary/aromatic N) is 1. The van der Waals surface area contributed by atoms with E-state index >= 15 is 0 Å². The summed E-state index contributed by atoms with van der Waals surface area (Å²) in [4.78, 5) is 37.1. The maximum atomic E-state index is 12.4. The summed E-state index contributed by atoms with van der Waals surface area (Å²) in [5, 5.41) is 0. The van der Waals surface area contributed by atoms with Crippen LogP contribution in [-0.2, 0) is 23.8 Å². The average Bonchev–Trinajstić information content (AvgIpc) is 2.80. The number of allylic oxidation sites excluding steroid dienone is 3. The van der Waals surface area contributed by atoms with E-state index in [2.05, 4.69) is 24.1 Å². The number of rotatable bonds is 10. The first-order chi connectivity index (χ1) is 14.9. The van der Waals surface area contributed by atoms with Crippen LogP contribution < -0.4 is 0 Å². The zero-order chi connectivity index (χ0) is 22.6. The van der Waals surface area contributed by atoms with Gasteiger partial charge in [0.1, 0.15) is 13.2 Å². The molecule has 0 N–H and O–H groups in total. The van der Waals surface area contributed by atoms with Gasteiger partial charge in [0.05, 0.1) is 5.56 Å². The second-order valence-corrected chi connectivity index (χ2v) is 6.61. The van der Waals surface area contributed by atoms with Crippen molar-refractivity contribution in [3.8, 4) is 0 Å². The highest BCUT2D eigenvalue weighted by molar-refractivity contribution is 5.90. The smallest absolute Gasteiger partial charge is 0.338 e. The van der Waals surface area contributed by atoms with Crippen LogP contribution in [0.4, 0.5) is 0 Å². The van der Waals surface area contributed by atoms with Crippen LogP contribution in [0.15, 0.2) is 79.6 Å². The lowest BCUT2D eigenvalue weighted by atomic mass is 10.1. The van der Waals surface area contributed by atoms with Gasteiger partial charge in [0.25, 0.3) is 0 Å². The van der Waals surface area contributed by atoms with Crippen molar-refractivity contribution in [1.29, 1.82) is 0 Å². The van der Waals surface area contributed by atoms with Crippen molar-refractivity contribution in [3.63, 3.8) is 0 Å². The number of ether oxygens (including phenoxy) is 3. The zero-order valence-electron chi connectivity index (χ0n) is 17.4. The Hall–Kier alpha value is -3.87. The Labute approximate surface area is 181 Å². The Morgan fingerprint density at radius 2 is 1.65 bits per heavy atom. The van der Waals surface area contributed by atoms with Crippen LogP contribution in [0, 0.1) is 0 Å². The van der Waals surface area contributed by atoms with Gasteiger partial charge in [-0.2, -0.15) is 0 Å². The fourth-order valence-corrected chi connectivity index (χ4v) is 2.44. The monoisotopic (exact) mass is 423 g/mol. The Bertz CT molecular complexity index is 887. The molecule has 0 amide bonds. The highest BCUT2D eigenvalue weighted by atomic mass is 16.6. The van der Waals surface area contributed by atoms with Crippen LogP contribution in [0.3, 0.4) is 0 Å². The van der Waals surface area contributed by atoms with Gasteiger partial charge in [-0.15, -0.1) is 0 Å². The molecule has 7 nitrogen and oxygen atoms in total. The van der Waals surface area contributed by atoms with E-state index in [1.54, 1.807) is 24.3 Å². The third-order valence-corrected chi connectivity index (χ3v) is 4.18. The van der Waals surface area contributed by atoms with Gasteiger partial charge in [0.15, 0.2) is 6.10 Å². The second kappa shape index (κ2) is 12.0. The number of carbonyl (C=O) groups excluding carboxylic acids is 3. The lowest BCUT2D eigenvalue weighted by Gasteiger charge is -2.17. The van der Waals surface area contributed by atoms with E-state index in [-0.39, 0.29) is 13.2 Å². The molecule has 162 valence electrons. The maximum Gasteiger partial charge on any atom is 0.338 e. The number of carbonyl (C=O) groups is 3. The van der Waals surface area contributed by atoms with Crippen molar-refractivity contribution in [3.05, 3.63) is 90.7 Å². The highest BCUT2D eigenvalue weighted by Crippen LogP contribution is 2.13. The van der Waals surface area contributed by atoms with E-state index in [0.29, 0.717) is 5.56 Å². The number of hydrogen-bond acceptors (Lipinski definition) is 7. The van der Waals surface area contributed by atoms with E-state index in [1.165, 1.54) is 0 Å². The molecule has 31 heavy (non-hydrogen) atoms. The third-order valence-electron chi connectivity index (χ3n) is 4.18. The molecule has 1 heterocycles. The van der Waals surface area contributed by atoms with Gasteiger partial charge in [-0.1, -0.05) is 43.5 Å². The van der Waals surface area contributed by atoms with Gasteiger partial charge < -0.3 is 19.1 Å². The normalized spacial score (nSPS) is 13.0. The standard InChI is InChI=1S/C24H25NO6/c1-4-22(26)29-16-21(17-30-23(27)5-2)31-24(28)20-10-8-18(9-11-20)6-7-19-12-14-25(3)15-13-19/h4-14,21H,1-2,15-17H2,3H3. The fourth-order valence-electron chi connectivity index (χ4n) is 2.44. The summed E-state index contributed by atoms with van der Waals surface area (Å²) in [5.74, 6) is -1.99. The highest BCUT2D eigenvalue weighted by Gasteiger charge is 2.19. The zero-order valence-corrected chi connectivity index (χ0v) is 17.4. The SMILES string of the molecule is C=CC(=O)OCC(COC(=O)C=C)OC(=O)c1ccc(C=CC2=CCN(C)C=C2)cc1. The Morgan fingerprint density at radius 1 is 1.03 bits per heavy atom. The average molecular weight is 423 g/mol. The predicted molar refractivity (Wildman–Crippen MR) is 117 cm³/mol. The quantitative estimate of drug-likeness (QED) is 0.325. The molecule has 1 aromatic rings. The van der Waals surface area contributed by atoms with Gasteiger partial charge in [-0.3, -0.25) is 0 Å². The van der Waals surface area contributed by atoms with E-state index in [4.69, 9.17) is 14.2 Å². The molecule has 0 spiro atoms. The van der Waals surface area contributed by atoms with Crippen LogP contribution >= 0.6 is 0 Å². The molecule has 1 aliphatic rings. The maximum absolute atomic E-state index is 12.4.